The number of ether oxygens (including phenoxy) is 2. The minimum absolute atomic E-state index is 0.0240. The number of methoxy groups -OCH3 is 1. The Balaban J connectivity index is 2.12. The molecule has 1 unspecified atom stereocenters. The number of hydrogen-bond donors (Lipinski definition) is 1. The molecule has 0 aromatic heterocycles. The third-order valence-electron chi connectivity index (χ3n) is 5.28. The molecule has 1 fully saturated rings. The van der Waals surface area contributed by atoms with Crippen molar-refractivity contribution in [3.8, 4) is 11.5 Å². The molecule has 0 bridgehead atoms. The van der Waals surface area contributed by atoms with Gasteiger partial charge in [-0.25, -0.2) is 0 Å². The van der Waals surface area contributed by atoms with E-state index in [1.165, 1.54) is 12.0 Å². The highest BCUT2D eigenvalue weighted by molar-refractivity contribution is 6.46. The first-order chi connectivity index (χ1) is 15.3. The van der Waals surface area contributed by atoms with E-state index in [0.717, 1.165) is 18.4 Å². The zero-order valence-electron chi connectivity index (χ0n) is 18.7. The summed E-state index contributed by atoms with van der Waals surface area (Å²) in [6.07, 6.45) is 1.63. The maximum Gasteiger partial charge on any atom is 0.295 e. The van der Waals surface area contributed by atoms with E-state index in [4.69, 9.17) is 21.1 Å². The highest BCUT2D eigenvalue weighted by Gasteiger charge is 2.45. The first-order valence-electron chi connectivity index (χ1n) is 10.7. The number of hydrogen-bond acceptors (Lipinski definition) is 5. The maximum absolute atomic E-state index is 13.0. The van der Waals surface area contributed by atoms with Gasteiger partial charge in [-0.15, -0.1) is 0 Å². The van der Waals surface area contributed by atoms with Crippen LogP contribution in [-0.4, -0.2) is 41.5 Å². The van der Waals surface area contributed by atoms with Crippen LogP contribution in [0.2, 0.25) is 5.02 Å². The van der Waals surface area contributed by atoms with E-state index in [1.54, 1.807) is 30.3 Å². The monoisotopic (exact) mass is 457 g/mol. The predicted octanol–water partition coefficient (Wildman–Crippen LogP) is 5.36. The summed E-state index contributed by atoms with van der Waals surface area (Å²) < 4.78 is 10.9. The van der Waals surface area contributed by atoms with E-state index in [0.29, 0.717) is 28.6 Å². The van der Waals surface area contributed by atoms with E-state index < -0.39 is 17.7 Å². The molecule has 0 spiro atoms. The second-order valence-electron chi connectivity index (χ2n) is 7.93. The van der Waals surface area contributed by atoms with E-state index in [-0.39, 0.29) is 17.4 Å². The lowest BCUT2D eigenvalue weighted by atomic mass is 9.95. The summed E-state index contributed by atoms with van der Waals surface area (Å²) in [7, 11) is 1.47. The van der Waals surface area contributed by atoms with Crippen LogP contribution in [0, 0.1) is 0 Å². The fourth-order valence-electron chi connectivity index (χ4n) is 3.75. The quantitative estimate of drug-likeness (QED) is 0.328. The predicted molar refractivity (Wildman–Crippen MR) is 124 cm³/mol. The Bertz CT molecular complexity index is 1030. The van der Waals surface area contributed by atoms with Crippen molar-refractivity contribution in [3.05, 3.63) is 64.2 Å². The van der Waals surface area contributed by atoms with Crippen LogP contribution < -0.4 is 9.47 Å². The molecule has 0 radical (unpaired) electrons. The fraction of sp³-hybridized carbons (Fsp3) is 0.360. The molecule has 0 saturated carbocycles. The molecule has 170 valence electrons. The Morgan fingerprint density at radius 3 is 2.44 bits per heavy atom. The second-order valence-corrected chi connectivity index (χ2v) is 8.34. The van der Waals surface area contributed by atoms with Crippen LogP contribution in [0.25, 0.3) is 5.76 Å². The van der Waals surface area contributed by atoms with Gasteiger partial charge in [0.2, 0.25) is 0 Å². The van der Waals surface area contributed by atoms with Crippen molar-refractivity contribution < 1.29 is 24.2 Å². The van der Waals surface area contributed by atoms with Gasteiger partial charge >= 0.3 is 0 Å². The molecule has 2 aromatic rings. The Kier molecular flexibility index (Phi) is 7.46. The summed E-state index contributed by atoms with van der Waals surface area (Å²) in [5, 5.41) is 11.5. The van der Waals surface area contributed by atoms with Crippen molar-refractivity contribution in [3.63, 3.8) is 0 Å². The molecule has 1 N–H and O–H groups in total. The van der Waals surface area contributed by atoms with Crippen LogP contribution in [0.15, 0.2) is 48.0 Å². The Morgan fingerprint density at radius 2 is 1.84 bits per heavy atom. The average Bonchev–Trinajstić information content (AvgIpc) is 3.02. The summed E-state index contributed by atoms with van der Waals surface area (Å²) in [6.45, 7) is 6.31. The number of rotatable bonds is 8. The number of nitrogens with zero attached hydrogens (tertiary/aromatic N) is 1. The van der Waals surface area contributed by atoms with Gasteiger partial charge in [-0.3, -0.25) is 9.59 Å². The number of halogens is 1. The molecule has 6 nitrogen and oxygen atoms in total. The third-order valence-corrected chi connectivity index (χ3v) is 5.60. The van der Waals surface area contributed by atoms with Gasteiger partial charge < -0.3 is 19.5 Å². The highest BCUT2D eigenvalue weighted by atomic mass is 35.5. The van der Waals surface area contributed by atoms with Crippen molar-refractivity contribution in [2.45, 2.75) is 45.8 Å². The lowest BCUT2D eigenvalue weighted by Crippen LogP contribution is -2.30. The van der Waals surface area contributed by atoms with Gasteiger partial charge in [0.1, 0.15) is 17.3 Å². The summed E-state index contributed by atoms with van der Waals surface area (Å²) in [4.78, 5) is 27.4. The molecule has 3 rings (SSSR count). The largest absolute Gasteiger partial charge is 0.507 e. The van der Waals surface area contributed by atoms with Gasteiger partial charge in [-0.05, 0) is 56.2 Å². The van der Waals surface area contributed by atoms with Crippen molar-refractivity contribution in [1.82, 2.24) is 4.90 Å². The topological polar surface area (TPSA) is 76.1 Å². The van der Waals surface area contributed by atoms with Crippen LogP contribution >= 0.6 is 11.6 Å². The van der Waals surface area contributed by atoms with Crippen molar-refractivity contribution in [2.75, 3.05) is 13.7 Å². The second kappa shape index (κ2) is 10.1. The van der Waals surface area contributed by atoms with Crippen LogP contribution in [0.4, 0.5) is 0 Å². The van der Waals surface area contributed by atoms with Crippen LogP contribution in [0.1, 0.15) is 50.8 Å². The molecule has 1 aliphatic heterocycles. The molecule has 1 amide bonds. The summed E-state index contributed by atoms with van der Waals surface area (Å²) in [6, 6.07) is 11.3. The van der Waals surface area contributed by atoms with E-state index >= 15 is 0 Å². The molecular weight excluding hydrogens is 430 g/mol. The van der Waals surface area contributed by atoms with Gasteiger partial charge in [0, 0.05) is 12.1 Å². The molecule has 1 saturated heterocycles. The van der Waals surface area contributed by atoms with Gasteiger partial charge in [0.25, 0.3) is 11.7 Å². The van der Waals surface area contributed by atoms with Crippen molar-refractivity contribution in [2.24, 2.45) is 0 Å². The first kappa shape index (κ1) is 23.7. The standard InChI is InChI=1S/C25H28ClNO5/c1-5-6-13-27-22(16-7-10-18(11-8-16)32-15(2)3)21(24(29)25(27)30)23(28)17-9-12-19(26)20(14-17)31-4/h7-12,14-15,22,28H,5-6,13H2,1-4H3/b23-21-. The number of ketones is 1. The third kappa shape index (κ3) is 4.75. The lowest BCUT2D eigenvalue weighted by Gasteiger charge is -2.25. The Labute approximate surface area is 193 Å². The number of aliphatic hydroxyl groups excluding tert-OH is 1. The van der Waals surface area contributed by atoms with Gasteiger partial charge in [0.15, 0.2) is 0 Å². The van der Waals surface area contributed by atoms with Crippen molar-refractivity contribution >= 4 is 29.1 Å². The maximum atomic E-state index is 13.0. The molecule has 32 heavy (non-hydrogen) atoms. The van der Waals surface area contributed by atoms with Crippen LogP contribution in [0.3, 0.4) is 0 Å². The fourth-order valence-corrected chi connectivity index (χ4v) is 3.94. The normalized spacial score (nSPS) is 17.8. The lowest BCUT2D eigenvalue weighted by molar-refractivity contribution is -0.139. The molecule has 7 heteroatoms. The smallest absolute Gasteiger partial charge is 0.295 e. The van der Waals surface area contributed by atoms with Gasteiger partial charge in [-0.1, -0.05) is 37.1 Å². The summed E-state index contributed by atoms with van der Waals surface area (Å²) >= 11 is 6.10. The number of unbranched alkanes of at least 4 members (excludes halogenated alkanes) is 1. The van der Waals surface area contributed by atoms with Crippen LogP contribution in [-0.2, 0) is 9.59 Å². The van der Waals surface area contributed by atoms with Gasteiger partial charge in [0.05, 0.1) is 29.9 Å². The number of benzene rings is 2. The van der Waals surface area contributed by atoms with E-state index in [9.17, 15) is 14.7 Å². The number of aliphatic hydroxyl groups is 1. The molecule has 2 aromatic carbocycles. The zero-order chi connectivity index (χ0) is 23.4. The molecule has 1 atom stereocenters. The molecule has 1 aliphatic rings. The average molecular weight is 458 g/mol. The SMILES string of the molecule is CCCCN1C(=O)C(=O)/C(=C(\O)c2ccc(Cl)c(OC)c2)C1c1ccc(OC(C)C)cc1. The minimum Gasteiger partial charge on any atom is -0.507 e. The number of amides is 1. The highest BCUT2D eigenvalue weighted by Crippen LogP contribution is 2.40. The molecular formula is C25H28ClNO5. The Morgan fingerprint density at radius 1 is 1.16 bits per heavy atom. The number of likely N-dealkylation sites (tertiary alicyclic amines) is 1. The summed E-state index contributed by atoms with van der Waals surface area (Å²) in [5.74, 6) is -0.530. The first-order valence-corrected chi connectivity index (χ1v) is 11.0. The van der Waals surface area contributed by atoms with Crippen molar-refractivity contribution in [1.29, 1.82) is 0 Å². The van der Waals surface area contributed by atoms with Crippen LogP contribution in [0.5, 0.6) is 11.5 Å². The summed E-state index contributed by atoms with van der Waals surface area (Å²) in [5.41, 5.74) is 1.12. The Hall–Kier alpha value is -2.99. The molecule has 1 heterocycles. The number of carbonyl (C=O) groups is 2. The minimum atomic E-state index is -0.708. The number of Topliss-reactive ketones (excluding diaryl/α,β-unsaturated/α-hetero) is 1. The van der Waals surface area contributed by atoms with E-state index in [2.05, 4.69) is 0 Å². The van der Waals surface area contributed by atoms with Gasteiger partial charge in [-0.2, -0.15) is 0 Å². The molecule has 0 aliphatic carbocycles. The zero-order valence-corrected chi connectivity index (χ0v) is 19.5. The number of carbonyl (C=O) groups excluding carboxylic acids is 2. The van der Waals surface area contributed by atoms with E-state index in [1.807, 2.05) is 32.9 Å².